The van der Waals surface area contributed by atoms with Crippen LogP contribution < -0.4 is 10.2 Å². The van der Waals surface area contributed by atoms with Crippen LogP contribution in [0.3, 0.4) is 0 Å². The number of ether oxygens (including phenoxy) is 3. The lowest BCUT2D eigenvalue weighted by molar-refractivity contribution is -0.143. The zero-order valence-corrected chi connectivity index (χ0v) is 18.6. The van der Waals surface area contributed by atoms with Gasteiger partial charge in [-0.3, -0.25) is 4.90 Å². The molecule has 8 heteroatoms. The van der Waals surface area contributed by atoms with Crippen LogP contribution >= 0.6 is 0 Å². The number of carbonyl (C=O) groups is 3. The standard InChI is InChI=1S/C22H32N2O6/c1-14(2)13-16(19(25)28-6)23-20(26)29-18-11-12-24(21(27)30-22(3,4)5)17-10-8-7-9-15(17)18/h7-10,14,16,18H,11-13H2,1-6H3,(H,23,26). The summed E-state index contributed by atoms with van der Waals surface area (Å²) in [5.74, 6) is -0.326. The second-order valence-electron chi connectivity index (χ2n) is 8.72. The number of alkyl carbamates (subject to hydrolysis) is 1. The normalized spacial score (nSPS) is 17.0. The van der Waals surface area contributed by atoms with Gasteiger partial charge in [-0.1, -0.05) is 32.0 Å². The third-order valence-electron chi connectivity index (χ3n) is 4.54. The van der Waals surface area contributed by atoms with Gasteiger partial charge in [0.15, 0.2) is 0 Å². The molecule has 1 aliphatic rings. The van der Waals surface area contributed by atoms with Crippen LogP contribution in [0.2, 0.25) is 0 Å². The average molecular weight is 421 g/mol. The van der Waals surface area contributed by atoms with Crippen LogP contribution in [-0.2, 0) is 19.0 Å². The number of hydrogen-bond acceptors (Lipinski definition) is 6. The Balaban J connectivity index is 2.13. The van der Waals surface area contributed by atoms with E-state index in [0.29, 0.717) is 30.6 Å². The van der Waals surface area contributed by atoms with Crippen LogP contribution in [0.4, 0.5) is 15.3 Å². The Labute approximate surface area is 177 Å². The molecule has 2 unspecified atom stereocenters. The zero-order chi connectivity index (χ0) is 22.5. The highest BCUT2D eigenvalue weighted by Crippen LogP contribution is 2.36. The summed E-state index contributed by atoms with van der Waals surface area (Å²) in [4.78, 5) is 38.6. The molecule has 0 fully saturated rings. The minimum atomic E-state index is -0.778. The number of benzene rings is 1. The third-order valence-corrected chi connectivity index (χ3v) is 4.54. The lowest BCUT2D eigenvalue weighted by atomic mass is 9.99. The van der Waals surface area contributed by atoms with Gasteiger partial charge in [-0.2, -0.15) is 0 Å². The van der Waals surface area contributed by atoms with E-state index in [0.717, 1.165) is 0 Å². The molecule has 2 amide bonds. The number of amides is 2. The van der Waals surface area contributed by atoms with Gasteiger partial charge < -0.3 is 19.5 Å². The van der Waals surface area contributed by atoms with E-state index in [2.05, 4.69) is 5.32 Å². The van der Waals surface area contributed by atoms with Crippen molar-refractivity contribution in [2.24, 2.45) is 5.92 Å². The van der Waals surface area contributed by atoms with Gasteiger partial charge >= 0.3 is 18.2 Å². The fourth-order valence-electron chi connectivity index (χ4n) is 3.29. The predicted molar refractivity (Wildman–Crippen MR) is 112 cm³/mol. The van der Waals surface area contributed by atoms with Crippen LogP contribution in [0.15, 0.2) is 24.3 Å². The first-order chi connectivity index (χ1) is 14.0. The molecule has 166 valence electrons. The second kappa shape index (κ2) is 9.82. The zero-order valence-electron chi connectivity index (χ0n) is 18.6. The van der Waals surface area contributed by atoms with Crippen molar-refractivity contribution in [3.8, 4) is 0 Å². The molecule has 30 heavy (non-hydrogen) atoms. The Morgan fingerprint density at radius 1 is 1.20 bits per heavy atom. The number of esters is 1. The summed E-state index contributed by atoms with van der Waals surface area (Å²) in [6.45, 7) is 9.68. The molecule has 1 N–H and O–H groups in total. The SMILES string of the molecule is COC(=O)C(CC(C)C)NC(=O)OC1CCN(C(=O)OC(C)(C)C)c2ccccc21. The number of para-hydroxylation sites is 1. The van der Waals surface area contributed by atoms with Crippen molar-refractivity contribution in [3.63, 3.8) is 0 Å². The fourth-order valence-corrected chi connectivity index (χ4v) is 3.29. The molecule has 2 atom stereocenters. The highest BCUT2D eigenvalue weighted by molar-refractivity contribution is 5.90. The molecular formula is C22H32N2O6. The Kier molecular flexibility index (Phi) is 7.70. The molecule has 0 aromatic heterocycles. The average Bonchev–Trinajstić information content (AvgIpc) is 2.65. The number of nitrogens with one attached hydrogen (secondary N) is 1. The number of rotatable bonds is 5. The Morgan fingerprint density at radius 2 is 1.87 bits per heavy atom. The maximum atomic E-state index is 12.6. The van der Waals surface area contributed by atoms with E-state index in [1.54, 1.807) is 11.0 Å². The van der Waals surface area contributed by atoms with Gasteiger partial charge in [0.1, 0.15) is 17.7 Å². The van der Waals surface area contributed by atoms with Crippen molar-refractivity contribution < 1.29 is 28.6 Å². The predicted octanol–water partition coefficient (Wildman–Crippen LogP) is 4.19. The molecule has 0 bridgehead atoms. The number of hydrogen-bond donors (Lipinski definition) is 1. The van der Waals surface area contributed by atoms with E-state index in [1.807, 2.05) is 52.8 Å². The molecular weight excluding hydrogens is 388 g/mol. The highest BCUT2D eigenvalue weighted by atomic mass is 16.6. The van der Waals surface area contributed by atoms with Gasteiger partial charge in [-0.15, -0.1) is 0 Å². The summed E-state index contributed by atoms with van der Waals surface area (Å²) in [6, 6.07) is 6.47. The molecule has 8 nitrogen and oxygen atoms in total. The van der Waals surface area contributed by atoms with Crippen LogP contribution in [0.5, 0.6) is 0 Å². The summed E-state index contributed by atoms with van der Waals surface area (Å²) >= 11 is 0. The molecule has 0 saturated heterocycles. The van der Waals surface area contributed by atoms with E-state index < -0.39 is 35.9 Å². The van der Waals surface area contributed by atoms with Gasteiger partial charge in [-0.05, 0) is 39.2 Å². The first kappa shape index (κ1) is 23.5. The minimum absolute atomic E-state index is 0.187. The molecule has 1 aromatic rings. The first-order valence-electron chi connectivity index (χ1n) is 10.2. The lowest BCUT2D eigenvalue weighted by Crippen LogP contribution is -2.44. The van der Waals surface area contributed by atoms with Crippen molar-refractivity contribution in [1.82, 2.24) is 5.32 Å². The second-order valence-corrected chi connectivity index (χ2v) is 8.72. The highest BCUT2D eigenvalue weighted by Gasteiger charge is 2.34. The van der Waals surface area contributed by atoms with Gasteiger partial charge in [0, 0.05) is 18.5 Å². The lowest BCUT2D eigenvalue weighted by Gasteiger charge is -2.35. The molecule has 1 aliphatic heterocycles. The number of fused-ring (bicyclic) bond motifs is 1. The summed E-state index contributed by atoms with van der Waals surface area (Å²) in [6.07, 6.45) is -0.832. The number of methoxy groups -OCH3 is 1. The van der Waals surface area contributed by atoms with Crippen LogP contribution in [0.25, 0.3) is 0 Å². The van der Waals surface area contributed by atoms with Crippen molar-refractivity contribution >= 4 is 23.8 Å². The van der Waals surface area contributed by atoms with Crippen molar-refractivity contribution in [1.29, 1.82) is 0 Å². The number of carbonyl (C=O) groups excluding carboxylic acids is 3. The monoisotopic (exact) mass is 420 g/mol. The van der Waals surface area contributed by atoms with Crippen molar-refractivity contribution in [2.75, 3.05) is 18.6 Å². The maximum absolute atomic E-state index is 12.6. The number of anilines is 1. The van der Waals surface area contributed by atoms with Crippen LogP contribution in [-0.4, -0.2) is 43.5 Å². The molecule has 1 heterocycles. The molecule has 0 saturated carbocycles. The topological polar surface area (TPSA) is 94.2 Å². The minimum Gasteiger partial charge on any atom is -0.467 e. The first-order valence-corrected chi connectivity index (χ1v) is 10.2. The third kappa shape index (κ3) is 6.37. The maximum Gasteiger partial charge on any atom is 0.414 e. The van der Waals surface area contributed by atoms with E-state index in [9.17, 15) is 14.4 Å². The quantitative estimate of drug-likeness (QED) is 0.567. The molecule has 1 aromatic carbocycles. The summed E-state index contributed by atoms with van der Waals surface area (Å²) in [7, 11) is 1.28. The number of nitrogens with zero attached hydrogens (tertiary/aromatic N) is 1. The molecule has 0 spiro atoms. The Morgan fingerprint density at radius 3 is 2.47 bits per heavy atom. The van der Waals surface area contributed by atoms with Crippen LogP contribution in [0.1, 0.15) is 59.1 Å². The van der Waals surface area contributed by atoms with E-state index in [4.69, 9.17) is 14.2 Å². The summed E-state index contributed by atoms with van der Waals surface area (Å²) < 4.78 is 15.9. The summed E-state index contributed by atoms with van der Waals surface area (Å²) in [5, 5.41) is 2.60. The molecule has 2 rings (SSSR count). The Bertz CT molecular complexity index is 771. The molecule has 0 radical (unpaired) electrons. The van der Waals surface area contributed by atoms with Gasteiger partial charge in [0.25, 0.3) is 0 Å². The molecule has 0 aliphatic carbocycles. The van der Waals surface area contributed by atoms with Gasteiger partial charge in [0.2, 0.25) is 0 Å². The summed E-state index contributed by atoms with van der Waals surface area (Å²) in [5.41, 5.74) is 0.740. The van der Waals surface area contributed by atoms with E-state index in [1.165, 1.54) is 7.11 Å². The van der Waals surface area contributed by atoms with E-state index in [-0.39, 0.29) is 5.92 Å². The largest absolute Gasteiger partial charge is 0.467 e. The van der Waals surface area contributed by atoms with E-state index >= 15 is 0 Å². The fraction of sp³-hybridized carbons (Fsp3) is 0.591. The smallest absolute Gasteiger partial charge is 0.414 e. The van der Waals surface area contributed by atoms with Gasteiger partial charge in [0.05, 0.1) is 12.8 Å². The van der Waals surface area contributed by atoms with Crippen molar-refractivity contribution in [3.05, 3.63) is 29.8 Å². The van der Waals surface area contributed by atoms with Gasteiger partial charge in [-0.25, -0.2) is 14.4 Å². The van der Waals surface area contributed by atoms with Crippen molar-refractivity contribution in [2.45, 2.75) is 65.2 Å². The Hall–Kier alpha value is -2.77. The van der Waals surface area contributed by atoms with Crippen LogP contribution in [0, 0.1) is 5.92 Å².